The minimum atomic E-state index is -0.535. The summed E-state index contributed by atoms with van der Waals surface area (Å²) in [5.74, 6) is 0.0630. The molecule has 0 N–H and O–H groups in total. The molecule has 0 bridgehead atoms. The highest BCUT2D eigenvalue weighted by Crippen LogP contribution is 2.34. The van der Waals surface area contributed by atoms with Gasteiger partial charge in [0.1, 0.15) is 23.0 Å². The van der Waals surface area contributed by atoms with Crippen LogP contribution in [0.5, 0.6) is 23.0 Å². The van der Waals surface area contributed by atoms with Crippen molar-refractivity contribution in [2.75, 3.05) is 26.4 Å². The molecule has 4 aromatic rings. The van der Waals surface area contributed by atoms with Crippen LogP contribution in [0.2, 0.25) is 0 Å². The third-order valence-electron chi connectivity index (χ3n) is 7.87. The van der Waals surface area contributed by atoms with Gasteiger partial charge in [-0.05, 0) is 112 Å². The van der Waals surface area contributed by atoms with E-state index in [-0.39, 0.29) is 0 Å². The van der Waals surface area contributed by atoms with Crippen LogP contribution >= 0.6 is 0 Å². The largest absolute Gasteiger partial charge is 0.494 e. The van der Waals surface area contributed by atoms with Gasteiger partial charge in [0.2, 0.25) is 0 Å². The zero-order valence-electron chi connectivity index (χ0n) is 29.2. The molecule has 4 rings (SSSR count). The van der Waals surface area contributed by atoms with Crippen LogP contribution < -0.4 is 18.9 Å². The molecule has 0 aliphatic heterocycles. The highest BCUT2D eigenvalue weighted by molar-refractivity contribution is 6.00. The van der Waals surface area contributed by atoms with Gasteiger partial charge >= 0.3 is 23.9 Å². The summed E-state index contributed by atoms with van der Waals surface area (Å²) in [5, 5.41) is 1.22. The molecule has 0 heterocycles. The average Bonchev–Trinajstić information content (AvgIpc) is 3.17. The average molecular weight is 709 g/mol. The second-order valence-electron chi connectivity index (χ2n) is 11.7. The Kier molecular flexibility index (Phi) is 16.0. The predicted molar refractivity (Wildman–Crippen MR) is 197 cm³/mol. The third kappa shape index (κ3) is 12.8. The SMILES string of the molecule is C=CC(=O)OCCCCCCOc1ccc(C(=O)Oc2ccc(OC(=O)c3ccc(OCCCCCCOC(=O)C=C)cc3)c3ccccc23)cc1. The van der Waals surface area contributed by atoms with Crippen molar-refractivity contribution in [3.8, 4) is 23.0 Å². The van der Waals surface area contributed by atoms with Crippen LogP contribution in [-0.2, 0) is 19.1 Å². The van der Waals surface area contributed by atoms with Gasteiger partial charge in [0.05, 0.1) is 37.6 Å². The molecule has 0 aliphatic carbocycles. The first-order chi connectivity index (χ1) is 25.4. The Labute approximate surface area is 303 Å². The van der Waals surface area contributed by atoms with E-state index in [4.69, 9.17) is 28.4 Å². The minimum absolute atomic E-state index is 0.331. The molecule has 272 valence electrons. The first kappa shape index (κ1) is 38.9. The maximum atomic E-state index is 13.0. The first-order valence-corrected chi connectivity index (χ1v) is 17.4. The van der Waals surface area contributed by atoms with Gasteiger partial charge in [-0.1, -0.05) is 37.4 Å². The fourth-order valence-corrected chi connectivity index (χ4v) is 5.07. The van der Waals surface area contributed by atoms with Crippen LogP contribution in [0.15, 0.2) is 110 Å². The molecule has 0 saturated carbocycles. The van der Waals surface area contributed by atoms with E-state index < -0.39 is 23.9 Å². The van der Waals surface area contributed by atoms with Crippen LogP contribution in [0.25, 0.3) is 10.8 Å². The fraction of sp³-hybridized carbons (Fsp3) is 0.286. The van der Waals surface area contributed by atoms with Gasteiger partial charge < -0.3 is 28.4 Å². The van der Waals surface area contributed by atoms with Gasteiger partial charge in [-0.25, -0.2) is 19.2 Å². The van der Waals surface area contributed by atoms with Crippen molar-refractivity contribution in [3.63, 3.8) is 0 Å². The van der Waals surface area contributed by atoms with Gasteiger partial charge in [0, 0.05) is 22.9 Å². The lowest BCUT2D eigenvalue weighted by atomic mass is 10.1. The summed E-state index contributed by atoms with van der Waals surface area (Å²) in [7, 11) is 0. The van der Waals surface area contributed by atoms with Crippen molar-refractivity contribution in [2.45, 2.75) is 51.4 Å². The van der Waals surface area contributed by atoms with E-state index >= 15 is 0 Å². The Bertz CT molecular complexity index is 1660. The lowest BCUT2D eigenvalue weighted by Gasteiger charge is -2.12. The van der Waals surface area contributed by atoms with Crippen molar-refractivity contribution >= 4 is 34.6 Å². The van der Waals surface area contributed by atoms with Gasteiger partial charge in [-0.15, -0.1) is 0 Å². The Balaban J connectivity index is 1.23. The second kappa shape index (κ2) is 21.3. The number of hydrogen-bond acceptors (Lipinski definition) is 10. The maximum absolute atomic E-state index is 13.0. The van der Waals surface area contributed by atoms with E-state index in [0.717, 1.165) is 63.5 Å². The lowest BCUT2D eigenvalue weighted by molar-refractivity contribution is -0.138. The summed E-state index contributed by atoms with van der Waals surface area (Å²) in [5.41, 5.74) is 0.717. The molecular weight excluding hydrogens is 664 g/mol. The zero-order chi connectivity index (χ0) is 37.0. The molecule has 0 amide bonds. The molecule has 0 saturated heterocycles. The molecule has 0 aliphatic rings. The van der Waals surface area contributed by atoms with E-state index in [0.29, 0.717) is 71.3 Å². The van der Waals surface area contributed by atoms with Gasteiger partial charge in [0.15, 0.2) is 0 Å². The van der Waals surface area contributed by atoms with E-state index in [1.807, 2.05) is 12.1 Å². The Morgan fingerprint density at radius 2 is 0.827 bits per heavy atom. The van der Waals surface area contributed by atoms with Crippen LogP contribution in [0, 0.1) is 0 Å². The van der Waals surface area contributed by atoms with Crippen LogP contribution in [-0.4, -0.2) is 50.3 Å². The molecular formula is C42H44O10. The topological polar surface area (TPSA) is 124 Å². The van der Waals surface area contributed by atoms with Crippen molar-refractivity contribution in [1.82, 2.24) is 0 Å². The number of hydrogen-bond donors (Lipinski definition) is 0. The summed E-state index contributed by atoms with van der Waals surface area (Å²) in [6.45, 7) is 8.56. The highest BCUT2D eigenvalue weighted by atomic mass is 16.5. The third-order valence-corrected chi connectivity index (χ3v) is 7.87. The predicted octanol–water partition coefficient (Wildman–Crippen LogP) is 8.62. The van der Waals surface area contributed by atoms with Crippen LogP contribution in [0.4, 0.5) is 0 Å². The van der Waals surface area contributed by atoms with E-state index in [2.05, 4.69) is 13.2 Å². The second-order valence-corrected chi connectivity index (χ2v) is 11.7. The van der Waals surface area contributed by atoms with Gasteiger partial charge in [0.25, 0.3) is 0 Å². The molecule has 52 heavy (non-hydrogen) atoms. The van der Waals surface area contributed by atoms with Crippen molar-refractivity contribution in [1.29, 1.82) is 0 Å². The number of carbonyl (C=O) groups excluding carboxylic acids is 4. The summed E-state index contributed by atoms with van der Waals surface area (Å²) >= 11 is 0. The van der Waals surface area contributed by atoms with E-state index in [1.54, 1.807) is 72.8 Å². The number of rotatable bonds is 22. The number of esters is 4. The molecule has 0 aromatic heterocycles. The Morgan fingerprint density at radius 1 is 0.462 bits per heavy atom. The maximum Gasteiger partial charge on any atom is 0.343 e. The Hall–Kier alpha value is -5.90. The molecule has 4 aromatic carbocycles. The molecule has 0 unspecified atom stereocenters. The first-order valence-electron chi connectivity index (χ1n) is 17.4. The van der Waals surface area contributed by atoms with Crippen LogP contribution in [0.3, 0.4) is 0 Å². The summed E-state index contributed by atoms with van der Waals surface area (Å²) < 4.78 is 33.0. The van der Waals surface area contributed by atoms with Crippen molar-refractivity contribution in [2.24, 2.45) is 0 Å². The number of benzene rings is 4. The standard InChI is InChI=1S/C42H44O10/c1-3-39(43)49-29-13-7-5-11-27-47-33-21-17-31(18-22-33)41(45)51-37-25-26-38(36-16-10-9-15-35(36)37)52-42(46)32-19-23-34(24-20-32)48-28-12-6-8-14-30-50-40(44)4-2/h3-4,9-10,15-26H,1-2,5-8,11-14,27-30H2. The van der Waals surface area contributed by atoms with Crippen molar-refractivity contribution in [3.05, 3.63) is 121 Å². The lowest BCUT2D eigenvalue weighted by Crippen LogP contribution is -2.10. The smallest absolute Gasteiger partial charge is 0.343 e. The molecule has 10 heteroatoms. The number of ether oxygens (including phenoxy) is 6. The molecule has 10 nitrogen and oxygen atoms in total. The van der Waals surface area contributed by atoms with Crippen LogP contribution in [0.1, 0.15) is 72.1 Å². The number of carbonyl (C=O) groups is 4. The number of fused-ring (bicyclic) bond motifs is 1. The van der Waals surface area contributed by atoms with Gasteiger partial charge in [-0.2, -0.15) is 0 Å². The highest BCUT2D eigenvalue weighted by Gasteiger charge is 2.16. The molecule has 0 radical (unpaired) electrons. The molecule has 0 fully saturated rings. The molecule has 0 spiro atoms. The quantitative estimate of drug-likeness (QED) is 0.0339. The summed E-state index contributed by atoms with van der Waals surface area (Å²) in [4.78, 5) is 48.2. The van der Waals surface area contributed by atoms with Gasteiger partial charge in [-0.3, -0.25) is 0 Å². The Morgan fingerprint density at radius 3 is 1.19 bits per heavy atom. The van der Waals surface area contributed by atoms with E-state index in [9.17, 15) is 19.2 Å². The molecule has 0 atom stereocenters. The van der Waals surface area contributed by atoms with E-state index in [1.165, 1.54) is 0 Å². The monoisotopic (exact) mass is 708 g/mol. The normalized spacial score (nSPS) is 10.5. The minimum Gasteiger partial charge on any atom is -0.494 e. The summed E-state index contributed by atoms with van der Waals surface area (Å²) in [6.07, 6.45) is 9.29. The fourth-order valence-electron chi connectivity index (χ4n) is 5.07. The summed E-state index contributed by atoms with van der Waals surface area (Å²) in [6, 6.07) is 23.9. The number of unbranched alkanes of at least 4 members (excludes halogenated alkanes) is 6. The zero-order valence-corrected chi connectivity index (χ0v) is 29.2. The van der Waals surface area contributed by atoms with Crippen molar-refractivity contribution < 1.29 is 47.6 Å².